The molecular formula is C16H25FIN3. The number of nitrogens with zero attached hydrogens (tertiary/aromatic N) is 1. The molecule has 0 aromatic heterocycles. The Morgan fingerprint density at radius 2 is 2.10 bits per heavy atom. The molecule has 2 rings (SSSR count). The first kappa shape index (κ1) is 18.2. The molecule has 0 saturated heterocycles. The molecule has 21 heavy (non-hydrogen) atoms. The minimum Gasteiger partial charge on any atom is -0.356 e. The Hall–Kier alpha value is -0.850. The lowest BCUT2D eigenvalue weighted by Crippen LogP contribution is -2.41. The highest BCUT2D eigenvalue weighted by atomic mass is 127. The van der Waals surface area contributed by atoms with E-state index in [9.17, 15) is 4.39 Å². The van der Waals surface area contributed by atoms with Crippen LogP contribution >= 0.6 is 24.0 Å². The molecule has 0 radical (unpaired) electrons. The van der Waals surface area contributed by atoms with E-state index in [0.717, 1.165) is 50.3 Å². The van der Waals surface area contributed by atoms with Gasteiger partial charge in [-0.3, -0.25) is 4.99 Å². The van der Waals surface area contributed by atoms with Crippen LogP contribution in [0.15, 0.2) is 29.3 Å². The Morgan fingerprint density at radius 3 is 2.67 bits per heavy atom. The van der Waals surface area contributed by atoms with Crippen molar-refractivity contribution in [1.29, 1.82) is 0 Å². The van der Waals surface area contributed by atoms with E-state index in [-0.39, 0.29) is 35.2 Å². The first-order chi connectivity index (χ1) is 9.70. The zero-order chi connectivity index (χ0) is 14.4. The van der Waals surface area contributed by atoms with Gasteiger partial charge < -0.3 is 10.6 Å². The van der Waals surface area contributed by atoms with Crippen LogP contribution in [0.25, 0.3) is 0 Å². The Bertz CT molecular complexity index is 472. The van der Waals surface area contributed by atoms with E-state index in [2.05, 4.69) is 22.5 Å². The third-order valence-electron chi connectivity index (χ3n) is 3.93. The SMILES string of the molecule is CCCCNC(=NC)NCC1(c2cccc(F)c2)CC1.I. The molecule has 5 heteroatoms. The molecular weight excluding hydrogens is 380 g/mol. The van der Waals surface area contributed by atoms with Crippen molar-refractivity contribution in [1.82, 2.24) is 10.6 Å². The number of unbranched alkanes of at least 4 members (excludes halogenated alkanes) is 1. The van der Waals surface area contributed by atoms with Crippen molar-refractivity contribution < 1.29 is 4.39 Å². The highest BCUT2D eigenvalue weighted by molar-refractivity contribution is 14.0. The molecule has 0 unspecified atom stereocenters. The van der Waals surface area contributed by atoms with Gasteiger partial charge in [-0.25, -0.2) is 4.39 Å². The third kappa shape index (κ3) is 5.13. The Morgan fingerprint density at radius 1 is 1.33 bits per heavy atom. The summed E-state index contributed by atoms with van der Waals surface area (Å²) in [4.78, 5) is 4.22. The molecule has 3 nitrogen and oxygen atoms in total. The molecule has 1 aliphatic carbocycles. The molecule has 0 aliphatic heterocycles. The normalized spacial score (nSPS) is 16.0. The van der Waals surface area contributed by atoms with Gasteiger partial charge in [-0.15, -0.1) is 24.0 Å². The fourth-order valence-electron chi connectivity index (χ4n) is 2.39. The van der Waals surface area contributed by atoms with E-state index in [0.29, 0.717) is 0 Å². The molecule has 0 heterocycles. The average molecular weight is 405 g/mol. The topological polar surface area (TPSA) is 36.4 Å². The van der Waals surface area contributed by atoms with E-state index in [1.165, 1.54) is 6.07 Å². The molecule has 1 saturated carbocycles. The van der Waals surface area contributed by atoms with Crippen LogP contribution in [0.3, 0.4) is 0 Å². The van der Waals surface area contributed by atoms with Crippen molar-refractivity contribution in [3.8, 4) is 0 Å². The molecule has 2 N–H and O–H groups in total. The second-order valence-electron chi connectivity index (χ2n) is 5.50. The largest absolute Gasteiger partial charge is 0.356 e. The number of rotatable bonds is 6. The zero-order valence-corrected chi connectivity index (χ0v) is 15.1. The van der Waals surface area contributed by atoms with Crippen LogP contribution in [-0.4, -0.2) is 26.1 Å². The van der Waals surface area contributed by atoms with Gasteiger partial charge >= 0.3 is 0 Å². The van der Waals surface area contributed by atoms with Crippen molar-refractivity contribution in [3.05, 3.63) is 35.6 Å². The lowest BCUT2D eigenvalue weighted by atomic mass is 9.96. The summed E-state index contributed by atoms with van der Waals surface area (Å²) in [6.07, 6.45) is 4.51. The maximum atomic E-state index is 13.3. The Balaban J connectivity index is 0.00000220. The molecule has 1 aliphatic rings. The summed E-state index contributed by atoms with van der Waals surface area (Å²) in [6, 6.07) is 6.96. The lowest BCUT2D eigenvalue weighted by molar-refractivity contribution is 0.606. The molecule has 0 bridgehead atoms. The van der Waals surface area contributed by atoms with E-state index < -0.39 is 0 Å². The van der Waals surface area contributed by atoms with Crippen LogP contribution < -0.4 is 10.6 Å². The number of hydrogen-bond donors (Lipinski definition) is 2. The van der Waals surface area contributed by atoms with E-state index in [4.69, 9.17) is 0 Å². The lowest BCUT2D eigenvalue weighted by Gasteiger charge is -2.19. The van der Waals surface area contributed by atoms with Gasteiger partial charge in [-0.2, -0.15) is 0 Å². The molecule has 1 aromatic rings. The van der Waals surface area contributed by atoms with Gasteiger partial charge in [-0.1, -0.05) is 25.5 Å². The van der Waals surface area contributed by atoms with E-state index >= 15 is 0 Å². The number of halogens is 2. The van der Waals surface area contributed by atoms with Gasteiger partial charge in [0.1, 0.15) is 5.82 Å². The first-order valence-corrected chi connectivity index (χ1v) is 7.41. The van der Waals surface area contributed by atoms with E-state index in [1.54, 1.807) is 19.2 Å². The average Bonchev–Trinajstić information content (AvgIpc) is 3.24. The highest BCUT2D eigenvalue weighted by Gasteiger charge is 2.44. The minimum absolute atomic E-state index is 0. The minimum atomic E-state index is -0.153. The molecule has 1 fully saturated rings. The maximum Gasteiger partial charge on any atom is 0.191 e. The predicted octanol–water partition coefficient (Wildman–Crippen LogP) is 3.44. The molecule has 118 valence electrons. The van der Waals surface area contributed by atoms with Crippen LogP contribution in [0.1, 0.15) is 38.2 Å². The van der Waals surface area contributed by atoms with Gasteiger partial charge in [0.25, 0.3) is 0 Å². The maximum absolute atomic E-state index is 13.3. The van der Waals surface area contributed by atoms with Crippen LogP contribution in [0.4, 0.5) is 4.39 Å². The third-order valence-corrected chi connectivity index (χ3v) is 3.93. The van der Waals surface area contributed by atoms with Gasteiger partial charge in [0.05, 0.1) is 0 Å². The summed E-state index contributed by atoms with van der Waals surface area (Å²) >= 11 is 0. The number of hydrogen-bond acceptors (Lipinski definition) is 1. The van der Waals surface area contributed by atoms with Crippen molar-refractivity contribution in [2.75, 3.05) is 20.1 Å². The standard InChI is InChI=1S/C16H24FN3.HI/c1-3-4-10-19-15(18-2)20-12-16(8-9-16)13-6-5-7-14(17)11-13;/h5-7,11H,3-4,8-10,12H2,1-2H3,(H2,18,19,20);1H. The molecule has 1 aromatic carbocycles. The van der Waals surface area contributed by atoms with Crippen LogP contribution in [0, 0.1) is 5.82 Å². The van der Waals surface area contributed by atoms with E-state index in [1.807, 2.05) is 6.07 Å². The molecule has 0 atom stereocenters. The van der Waals surface area contributed by atoms with Gasteiger partial charge in [0, 0.05) is 25.6 Å². The summed E-state index contributed by atoms with van der Waals surface area (Å²) in [7, 11) is 1.78. The number of aliphatic imine (C=N–C) groups is 1. The molecule has 0 amide bonds. The summed E-state index contributed by atoms with van der Waals surface area (Å²) in [6.45, 7) is 3.91. The van der Waals surface area contributed by atoms with Crippen LogP contribution in [0.2, 0.25) is 0 Å². The fraction of sp³-hybridized carbons (Fsp3) is 0.562. The fourth-order valence-corrected chi connectivity index (χ4v) is 2.39. The predicted molar refractivity (Wildman–Crippen MR) is 97.0 cm³/mol. The highest BCUT2D eigenvalue weighted by Crippen LogP contribution is 2.47. The Kier molecular flexibility index (Phi) is 7.42. The first-order valence-electron chi connectivity index (χ1n) is 7.41. The summed E-state index contributed by atoms with van der Waals surface area (Å²) < 4.78 is 13.3. The van der Waals surface area contributed by atoms with Crippen molar-refractivity contribution in [3.63, 3.8) is 0 Å². The van der Waals surface area contributed by atoms with Crippen LogP contribution in [-0.2, 0) is 5.41 Å². The second-order valence-corrected chi connectivity index (χ2v) is 5.50. The quantitative estimate of drug-likeness (QED) is 0.329. The summed E-state index contributed by atoms with van der Waals surface area (Å²) in [5.74, 6) is 0.681. The molecule has 0 spiro atoms. The van der Waals surface area contributed by atoms with Gasteiger partial charge in [-0.05, 0) is 37.0 Å². The van der Waals surface area contributed by atoms with Crippen molar-refractivity contribution in [2.45, 2.75) is 38.0 Å². The smallest absolute Gasteiger partial charge is 0.191 e. The van der Waals surface area contributed by atoms with Crippen molar-refractivity contribution in [2.24, 2.45) is 4.99 Å². The van der Waals surface area contributed by atoms with Gasteiger partial charge in [0.2, 0.25) is 0 Å². The summed E-state index contributed by atoms with van der Waals surface area (Å²) in [5, 5.41) is 6.66. The van der Waals surface area contributed by atoms with Gasteiger partial charge in [0.15, 0.2) is 5.96 Å². The van der Waals surface area contributed by atoms with Crippen LogP contribution in [0.5, 0.6) is 0 Å². The Labute approximate surface area is 143 Å². The number of nitrogens with one attached hydrogen (secondary N) is 2. The monoisotopic (exact) mass is 405 g/mol. The number of benzene rings is 1. The number of guanidine groups is 1. The summed E-state index contributed by atoms with van der Waals surface area (Å²) in [5.41, 5.74) is 1.18. The zero-order valence-electron chi connectivity index (χ0n) is 12.8. The second kappa shape index (κ2) is 8.56. The van der Waals surface area contributed by atoms with Crippen molar-refractivity contribution >= 4 is 29.9 Å².